The molecule has 2 aromatic heterocycles. The van der Waals surface area contributed by atoms with Gasteiger partial charge in [-0.2, -0.15) is 4.98 Å². The van der Waals surface area contributed by atoms with E-state index in [0.717, 1.165) is 21.7 Å². The standard InChI is InChI=1S/C23H25ClN4O3S/c1-14(2)30-12-5-11-28-15(3)19(22-26-21(27-31-22)18-6-4-13-32-18)20(25-23(28)29)16-7-9-17(24)10-8-16/h4,6-10,13-14,20H,5,11-12H2,1-3H3,(H,25,29). The highest BCUT2D eigenvalue weighted by molar-refractivity contribution is 7.13. The maximum absolute atomic E-state index is 13.0. The molecule has 0 aliphatic carbocycles. The molecule has 3 aromatic rings. The summed E-state index contributed by atoms with van der Waals surface area (Å²) in [5, 5.41) is 9.86. The number of halogens is 1. The minimum atomic E-state index is -0.431. The molecule has 4 rings (SSSR count). The Labute approximate surface area is 196 Å². The van der Waals surface area contributed by atoms with E-state index in [1.807, 2.05) is 50.4 Å². The van der Waals surface area contributed by atoms with Crippen LogP contribution in [0.25, 0.3) is 16.3 Å². The SMILES string of the molecule is CC1=C(c2nc(-c3cccs3)no2)C(c2ccc(Cl)cc2)NC(=O)N1CCCOC(C)C. The van der Waals surface area contributed by atoms with Crippen LogP contribution in [0.15, 0.2) is 52.0 Å². The predicted molar refractivity (Wildman–Crippen MR) is 125 cm³/mol. The number of nitrogens with one attached hydrogen (secondary N) is 1. The van der Waals surface area contributed by atoms with Crippen molar-refractivity contribution in [2.75, 3.05) is 13.2 Å². The van der Waals surface area contributed by atoms with E-state index in [1.165, 1.54) is 0 Å². The lowest BCUT2D eigenvalue weighted by atomic mass is 9.94. The number of benzene rings is 1. The molecule has 0 fully saturated rings. The third-order valence-electron chi connectivity index (χ3n) is 5.17. The Hall–Kier alpha value is -2.68. The summed E-state index contributed by atoms with van der Waals surface area (Å²) in [6.07, 6.45) is 0.868. The first kappa shape index (κ1) is 22.5. The smallest absolute Gasteiger partial charge is 0.322 e. The molecule has 1 unspecified atom stereocenters. The monoisotopic (exact) mass is 472 g/mol. The number of allylic oxidation sites excluding steroid dienone is 1. The van der Waals surface area contributed by atoms with Gasteiger partial charge in [-0.05, 0) is 56.3 Å². The van der Waals surface area contributed by atoms with Gasteiger partial charge in [0.25, 0.3) is 5.89 Å². The topological polar surface area (TPSA) is 80.5 Å². The average Bonchev–Trinajstić information content (AvgIpc) is 3.45. The summed E-state index contributed by atoms with van der Waals surface area (Å²) in [6, 6.07) is 10.7. The van der Waals surface area contributed by atoms with Gasteiger partial charge in [-0.25, -0.2) is 4.79 Å². The Morgan fingerprint density at radius 2 is 2.06 bits per heavy atom. The molecule has 0 spiro atoms. The third kappa shape index (κ3) is 4.87. The molecule has 0 bridgehead atoms. The van der Waals surface area contributed by atoms with Crippen molar-refractivity contribution in [2.45, 2.75) is 39.3 Å². The zero-order valence-corrected chi connectivity index (χ0v) is 19.7. The summed E-state index contributed by atoms with van der Waals surface area (Å²) in [5.41, 5.74) is 2.43. The van der Waals surface area contributed by atoms with Crippen LogP contribution in [-0.2, 0) is 4.74 Å². The second-order valence-corrected chi connectivity index (χ2v) is 9.14. The zero-order valence-electron chi connectivity index (χ0n) is 18.2. The first-order valence-corrected chi connectivity index (χ1v) is 11.7. The van der Waals surface area contributed by atoms with Gasteiger partial charge < -0.3 is 14.6 Å². The van der Waals surface area contributed by atoms with Gasteiger partial charge in [-0.15, -0.1) is 11.3 Å². The molecular formula is C23H25ClN4O3S. The minimum absolute atomic E-state index is 0.153. The lowest BCUT2D eigenvalue weighted by Gasteiger charge is -2.35. The Morgan fingerprint density at radius 3 is 2.75 bits per heavy atom. The van der Waals surface area contributed by atoms with Crippen molar-refractivity contribution < 1.29 is 14.1 Å². The fourth-order valence-corrected chi connectivity index (χ4v) is 4.39. The largest absolute Gasteiger partial charge is 0.379 e. The lowest BCUT2D eigenvalue weighted by molar-refractivity contribution is 0.0736. The summed E-state index contributed by atoms with van der Waals surface area (Å²) in [5.74, 6) is 0.910. The summed E-state index contributed by atoms with van der Waals surface area (Å²) in [6.45, 7) is 7.00. The van der Waals surface area contributed by atoms with Crippen LogP contribution in [0.1, 0.15) is 44.7 Å². The van der Waals surface area contributed by atoms with Crippen LogP contribution in [0.4, 0.5) is 4.79 Å². The van der Waals surface area contributed by atoms with Gasteiger partial charge in [-0.3, -0.25) is 4.90 Å². The summed E-state index contributed by atoms with van der Waals surface area (Å²) in [4.78, 5) is 20.3. The van der Waals surface area contributed by atoms with E-state index in [0.29, 0.717) is 36.3 Å². The van der Waals surface area contributed by atoms with Crippen LogP contribution < -0.4 is 5.32 Å². The molecule has 1 atom stereocenters. The molecule has 9 heteroatoms. The molecule has 32 heavy (non-hydrogen) atoms. The van der Waals surface area contributed by atoms with Gasteiger partial charge in [0.2, 0.25) is 5.82 Å². The number of ether oxygens (including phenoxy) is 1. The van der Waals surface area contributed by atoms with Gasteiger partial charge in [0.15, 0.2) is 0 Å². The van der Waals surface area contributed by atoms with Crippen molar-refractivity contribution in [3.8, 4) is 10.7 Å². The molecule has 0 saturated carbocycles. The van der Waals surface area contributed by atoms with Crippen LogP contribution in [0.2, 0.25) is 5.02 Å². The Kier molecular flexibility index (Phi) is 6.93. The molecule has 1 aliphatic heterocycles. The van der Waals surface area contributed by atoms with Crippen LogP contribution in [0.3, 0.4) is 0 Å². The van der Waals surface area contributed by atoms with E-state index in [9.17, 15) is 4.79 Å². The second-order valence-electron chi connectivity index (χ2n) is 7.76. The number of thiophene rings is 1. The molecule has 168 valence electrons. The molecule has 2 amide bonds. The summed E-state index contributed by atoms with van der Waals surface area (Å²) in [7, 11) is 0. The fourth-order valence-electron chi connectivity index (χ4n) is 3.61. The van der Waals surface area contributed by atoms with E-state index < -0.39 is 6.04 Å². The molecule has 1 aliphatic rings. The highest BCUT2D eigenvalue weighted by atomic mass is 35.5. The van der Waals surface area contributed by atoms with E-state index in [4.69, 9.17) is 20.9 Å². The second kappa shape index (κ2) is 9.85. The van der Waals surface area contributed by atoms with Crippen molar-refractivity contribution in [2.24, 2.45) is 0 Å². The van der Waals surface area contributed by atoms with Gasteiger partial charge in [0.05, 0.1) is 22.6 Å². The first-order valence-electron chi connectivity index (χ1n) is 10.5. The molecule has 7 nitrogen and oxygen atoms in total. The van der Waals surface area contributed by atoms with E-state index in [2.05, 4.69) is 15.5 Å². The Balaban J connectivity index is 1.69. The van der Waals surface area contributed by atoms with Crippen LogP contribution in [0, 0.1) is 0 Å². The molecule has 3 heterocycles. The number of nitrogens with zero attached hydrogens (tertiary/aromatic N) is 3. The molecule has 0 radical (unpaired) electrons. The zero-order chi connectivity index (χ0) is 22.7. The molecule has 1 N–H and O–H groups in total. The average molecular weight is 473 g/mol. The maximum Gasteiger partial charge on any atom is 0.322 e. The number of hydrogen-bond donors (Lipinski definition) is 1. The highest BCUT2D eigenvalue weighted by Gasteiger charge is 2.35. The molecular weight excluding hydrogens is 448 g/mol. The maximum atomic E-state index is 13.0. The van der Waals surface area contributed by atoms with Crippen molar-refractivity contribution in [3.05, 3.63) is 64.0 Å². The van der Waals surface area contributed by atoms with Crippen LogP contribution in [-0.4, -0.2) is 40.3 Å². The van der Waals surface area contributed by atoms with Crippen LogP contribution >= 0.6 is 22.9 Å². The highest BCUT2D eigenvalue weighted by Crippen LogP contribution is 2.38. The van der Waals surface area contributed by atoms with Gasteiger partial charge in [-0.1, -0.05) is 35.0 Å². The fraction of sp³-hybridized carbons (Fsp3) is 0.348. The number of aromatic nitrogens is 2. The minimum Gasteiger partial charge on any atom is -0.379 e. The van der Waals surface area contributed by atoms with Gasteiger partial charge >= 0.3 is 6.03 Å². The number of hydrogen-bond acceptors (Lipinski definition) is 6. The number of carbonyl (C=O) groups excluding carboxylic acids is 1. The van der Waals surface area contributed by atoms with Crippen molar-refractivity contribution in [1.82, 2.24) is 20.4 Å². The van der Waals surface area contributed by atoms with Crippen molar-refractivity contribution >= 4 is 34.5 Å². The van der Waals surface area contributed by atoms with E-state index in [1.54, 1.807) is 28.4 Å². The molecule has 1 aromatic carbocycles. The number of urea groups is 1. The quantitative estimate of drug-likeness (QED) is 0.421. The summed E-state index contributed by atoms with van der Waals surface area (Å²) >= 11 is 7.62. The predicted octanol–water partition coefficient (Wildman–Crippen LogP) is 5.76. The summed E-state index contributed by atoms with van der Waals surface area (Å²) < 4.78 is 11.3. The molecule has 0 saturated heterocycles. The van der Waals surface area contributed by atoms with Crippen LogP contribution in [0.5, 0.6) is 0 Å². The Bertz CT molecular complexity index is 1090. The number of rotatable bonds is 8. The van der Waals surface area contributed by atoms with Gasteiger partial charge in [0.1, 0.15) is 0 Å². The lowest BCUT2D eigenvalue weighted by Crippen LogP contribution is -2.46. The number of carbonyl (C=O) groups is 1. The van der Waals surface area contributed by atoms with E-state index >= 15 is 0 Å². The normalized spacial score (nSPS) is 16.7. The van der Waals surface area contributed by atoms with E-state index in [-0.39, 0.29) is 12.1 Å². The van der Waals surface area contributed by atoms with Gasteiger partial charge in [0, 0.05) is 23.9 Å². The number of amides is 2. The third-order valence-corrected chi connectivity index (χ3v) is 6.29. The first-order chi connectivity index (χ1) is 15.4. The Morgan fingerprint density at radius 1 is 1.28 bits per heavy atom. The van der Waals surface area contributed by atoms with Crippen molar-refractivity contribution in [1.29, 1.82) is 0 Å². The van der Waals surface area contributed by atoms with Crippen molar-refractivity contribution in [3.63, 3.8) is 0 Å².